The third-order valence-electron chi connectivity index (χ3n) is 2.83. The first-order valence-corrected chi connectivity index (χ1v) is 6.52. The van der Waals surface area contributed by atoms with Crippen molar-refractivity contribution < 1.29 is 0 Å². The number of aromatic nitrogens is 1. The van der Waals surface area contributed by atoms with Gasteiger partial charge in [-0.05, 0) is 23.3 Å². The van der Waals surface area contributed by atoms with Crippen LogP contribution < -0.4 is 10.6 Å². The molecule has 0 aliphatic carbocycles. The van der Waals surface area contributed by atoms with Crippen molar-refractivity contribution in [3.63, 3.8) is 0 Å². The van der Waals surface area contributed by atoms with Crippen LogP contribution in [0, 0.1) is 0 Å². The van der Waals surface area contributed by atoms with Crippen LogP contribution in [0.4, 0.5) is 5.82 Å². The van der Waals surface area contributed by atoms with Crippen molar-refractivity contribution in [1.82, 2.24) is 4.98 Å². The van der Waals surface area contributed by atoms with Gasteiger partial charge in [-0.1, -0.05) is 40.2 Å². The number of hydrogen-bond acceptors (Lipinski definition) is 3. The summed E-state index contributed by atoms with van der Waals surface area (Å²) in [6, 6.07) is 11.8. The van der Waals surface area contributed by atoms with E-state index in [1.165, 1.54) is 0 Å². The monoisotopic (exact) mass is 305 g/mol. The van der Waals surface area contributed by atoms with Crippen LogP contribution in [0.5, 0.6) is 0 Å². The minimum absolute atomic E-state index is 0.163. The fourth-order valence-electron chi connectivity index (χ4n) is 1.75. The normalized spacial score (nSPS) is 12.2. The van der Waals surface area contributed by atoms with Crippen LogP contribution in [-0.2, 0) is 0 Å². The molecule has 0 saturated carbocycles. The largest absolute Gasteiger partial charge is 0.363 e. The maximum Gasteiger partial charge on any atom is 0.127 e. The number of hydrogen-bond donors (Lipinski definition) is 1. The van der Waals surface area contributed by atoms with Gasteiger partial charge in [0, 0.05) is 24.8 Å². The molecule has 0 aliphatic heterocycles. The molecule has 1 aromatic heterocycles. The summed E-state index contributed by atoms with van der Waals surface area (Å²) in [6.07, 6.45) is 1.83. The molecular formula is C14H16BrN3. The van der Waals surface area contributed by atoms with Crippen LogP contribution >= 0.6 is 15.9 Å². The van der Waals surface area contributed by atoms with Gasteiger partial charge in [0.25, 0.3) is 0 Å². The van der Waals surface area contributed by atoms with E-state index in [0.717, 1.165) is 21.4 Å². The summed E-state index contributed by atoms with van der Waals surface area (Å²) in [5, 5.41) is 0. The van der Waals surface area contributed by atoms with Crippen LogP contribution in [0.3, 0.4) is 0 Å². The number of nitrogens with zero attached hydrogens (tertiary/aromatic N) is 2. The van der Waals surface area contributed by atoms with Crippen molar-refractivity contribution in [3.05, 3.63) is 58.2 Å². The second-order valence-corrected chi connectivity index (χ2v) is 5.20. The minimum Gasteiger partial charge on any atom is -0.363 e. The lowest BCUT2D eigenvalue weighted by Crippen LogP contribution is -2.14. The molecule has 0 bridgehead atoms. The molecule has 1 heterocycles. The Balaban J connectivity index is 2.29. The van der Waals surface area contributed by atoms with Crippen molar-refractivity contribution in [2.45, 2.75) is 6.04 Å². The molecule has 0 aliphatic rings. The van der Waals surface area contributed by atoms with Gasteiger partial charge in [0.1, 0.15) is 5.82 Å². The standard InChI is InChI=1S/C14H16BrN3/c1-18(2)13-8-7-10(9-17-13)14(16)11-5-3-4-6-12(11)15/h3-9,14H,16H2,1-2H3. The Morgan fingerprint density at radius 1 is 1.17 bits per heavy atom. The summed E-state index contributed by atoms with van der Waals surface area (Å²) in [6.45, 7) is 0. The average molecular weight is 306 g/mol. The number of anilines is 1. The molecule has 0 fully saturated rings. The Morgan fingerprint density at radius 3 is 2.44 bits per heavy atom. The Hall–Kier alpha value is -1.39. The molecule has 0 amide bonds. The molecule has 3 nitrogen and oxygen atoms in total. The van der Waals surface area contributed by atoms with Crippen molar-refractivity contribution in [3.8, 4) is 0 Å². The summed E-state index contributed by atoms with van der Waals surface area (Å²) >= 11 is 3.52. The van der Waals surface area contributed by atoms with E-state index in [9.17, 15) is 0 Å². The highest BCUT2D eigenvalue weighted by atomic mass is 79.9. The SMILES string of the molecule is CN(C)c1ccc(C(N)c2ccccc2Br)cn1. The van der Waals surface area contributed by atoms with E-state index in [2.05, 4.69) is 20.9 Å². The highest BCUT2D eigenvalue weighted by Crippen LogP contribution is 2.26. The third kappa shape index (κ3) is 2.71. The van der Waals surface area contributed by atoms with Crippen molar-refractivity contribution in [1.29, 1.82) is 0 Å². The second kappa shape index (κ2) is 5.50. The molecule has 0 spiro atoms. The lowest BCUT2D eigenvalue weighted by Gasteiger charge is -2.16. The first-order chi connectivity index (χ1) is 8.59. The van der Waals surface area contributed by atoms with Gasteiger partial charge in [0.05, 0.1) is 6.04 Å². The van der Waals surface area contributed by atoms with E-state index in [-0.39, 0.29) is 6.04 Å². The van der Waals surface area contributed by atoms with Crippen LogP contribution in [-0.4, -0.2) is 19.1 Å². The van der Waals surface area contributed by atoms with Gasteiger partial charge >= 0.3 is 0 Å². The summed E-state index contributed by atoms with van der Waals surface area (Å²) in [7, 11) is 3.94. The fourth-order valence-corrected chi connectivity index (χ4v) is 2.28. The second-order valence-electron chi connectivity index (χ2n) is 4.34. The third-order valence-corrected chi connectivity index (χ3v) is 3.55. The summed E-state index contributed by atoms with van der Waals surface area (Å²) in [5.41, 5.74) is 8.33. The molecule has 0 radical (unpaired) electrons. The number of pyridine rings is 1. The van der Waals surface area contributed by atoms with Gasteiger partial charge in [-0.2, -0.15) is 0 Å². The molecule has 2 aromatic rings. The summed E-state index contributed by atoms with van der Waals surface area (Å²) in [5.74, 6) is 0.929. The molecular weight excluding hydrogens is 290 g/mol. The van der Waals surface area contributed by atoms with E-state index >= 15 is 0 Å². The smallest absolute Gasteiger partial charge is 0.127 e. The molecule has 4 heteroatoms. The topological polar surface area (TPSA) is 42.1 Å². The number of benzene rings is 1. The Bertz CT molecular complexity index is 523. The van der Waals surface area contributed by atoms with Gasteiger partial charge < -0.3 is 10.6 Å². The van der Waals surface area contributed by atoms with Crippen LogP contribution in [0.25, 0.3) is 0 Å². The van der Waals surface area contributed by atoms with Crippen molar-refractivity contribution in [2.75, 3.05) is 19.0 Å². The van der Waals surface area contributed by atoms with E-state index < -0.39 is 0 Å². The Morgan fingerprint density at radius 2 is 1.89 bits per heavy atom. The molecule has 18 heavy (non-hydrogen) atoms. The summed E-state index contributed by atoms with van der Waals surface area (Å²) in [4.78, 5) is 6.35. The predicted molar refractivity (Wildman–Crippen MR) is 78.7 cm³/mol. The highest BCUT2D eigenvalue weighted by molar-refractivity contribution is 9.10. The molecule has 1 unspecified atom stereocenters. The first kappa shape index (κ1) is 13.1. The number of nitrogens with two attached hydrogens (primary N) is 1. The van der Waals surface area contributed by atoms with Gasteiger partial charge in [-0.25, -0.2) is 4.98 Å². The molecule has 2 N–H and O–H groups in total. The van der Waals surface area contributed by atoms with Crippen LogP contribution in [0.1, 0.15) is 17.2 Å². The molecule has 1 aromatic carbocycles. The van der Waals surface area contributed by atoms with Crippen LogP contribution in [0.2, 0.25) is 0 Å². The van der Waals surface area contributed by atoms with Gasteiger partial charge in [-0.15, -0.1) is 0 Å². The van der Waals surface area contributed by atoms with Crippen molar-refractivity contribution in [2.24, 2.45) is 5.73 Å². The Kier molecular flexibility index (Phi) is 3.99. The average Bonchev–Trinajstić information content (AvgIpc) is 2.38. The minimum atomic E-state index is -0.163. The fraction of sp³-hybridized carbons (Fsp3) is 0.214. The summed E-state index contributed by atoms with van der Waals surface area (Å²) < 4.78 is 1.02. The van der Waals surface area contributed by atoms with Gasteiger partial charge in [-0.3, -0.25) is 0 Å². The quantitative estimate of drug-likeness (QED) is 0.948. The van der Waals surface area contributed by atoms with E-state index in [1.807, 2.05) is 61.6 Å². The molecule has 94 valence electrons. The number of rotatable bonds is 3. The molecule has 1 atom stereocenters. The lowest BCUT2D eigenvalue weighted by molar-refractivity contribution is 0.856. The predicted octanol–water partition coefficient (Wildman–Crippen LogP) is 2.96. The highest BCUT2D eigenvalue weighted by Gasteiger charge is 2.12. The van der Waals surface area contributed by atoms with E-state index in [0.29, 0.717) is 0 Å². The van der Waals surface area contributed by atoms with Crippen molar-refractivity contribution >= 4 is 21.7 Å². The molecule has 0 saturated heterocycles. The van der Waals surface area contributed by atoms with Gasteiger partial charge in [0.15, 0.2) is 0 Å². The van der Waals surface area contributed by atoms with Gasteiger partial charge in [0.2, 0.25) is 0 Å². The zero-order valence-corrected chi connectivity index (χ0v) is 12.1. The number of halogens is 1. The van der Waals surface area contributed by atoms with E-state index in [1.54, 1.807) is 0 Å². The van der Waals surface area contributed by atoms with Crippen LogP contribution in [0.15, 0.2) is 47.1 Å². The zero-order chi connectivity index (χ0) is 13.1. The maximum atomic E-state index is 6.26. The molecule has 2 rings (SSSR count). The zero-order valence-electron chi connectivity index (χ0n) is 10.5. The lowest BCUT2D eigenvalue weighted by atomic mass is 10.0. The first-order valence-electron chi connectivity index (χ1n) is 5.73. The van der Waals surface area contributed by atoms with E-state index in [4.69, 9.17) is 5.73 Å². The maximum absolute atomic E-state index is 6.26. The Labute approximate surface area is 116 Å².